The van der Waals surface area contributed by atoms with Gasteiger partial charge in [-0.15, -0.1) is 0 Å². The Balaban J connectivity index is 2.25. The lowest BCUT2D eigenvalue weighted by Crippen LogP contribution is -1.93. The van der Waals surface area contributed by atoms with E-state index in [4.69, 9.17) is 0 Å². The Kier molecular flexibility index (Phi) is 4.30. The minimum atomic E-state index is 0.626. The van der Waals surface area contributed by atoms with E-state index in [2.05, 4.69) is 33.9 Å². The van der Waals surface area contributed by atoms with Crippen LogP contribution in [0.1, 0.15) is 25.5 Å². The Labute approximate surface area is 82.3 Å². The summed E-state index contributed by atoms with van der Waals surface area (Å²) in [6.07, 6.45) is 5.38. The third-order valence-electron chi connectivity index (χ3n) is 1.76. The Hall–Kier alpha value is -0.370. The number of aryl methyl sites for hydroxylation is 1. The van der Waals surface area contributed by atoms with E-state index < -0.39 is 0 Å². The van der Waals surface area contributed by atoms with Gasteiger partial charge in [-0.05, 0) is 31.4 Å². The minimum absolute atomic E-state index is 0.626. The largest absolute Gasteiger partial charge is 0.261 e. The fourth-order valence-corrected chi connectivity index (χ4v) is 1.43. The highest BCUT2D eigenvalue weighted by Gasteiger charge is 1.96. The van der Waals surface area contributed by atoms with Crippen LogP contribution in [-0.2, 0) is 6.42 Å². The molecule has 0 saturated heterocycles. The fraction of sp³-hybridized carbons (Fsp3) is 0.500. The molecule has 1 aromatic heterocycles. The molecule has 0 saturated carbocycles. The SMILES string of the molecule is CC(Br)CCCc1ccccn1. The first-order valence-corrected chi connectivity index (χ1v) is 5.24. The van der Waals surface area contributed by atoms with Gasteiger partial charge in [-0.3, -0.25) is 4.98 Å². The molecular formula is C10H14BrN. The molecule has 12 heavy (non-hydrogen) atoms. The molecule has 1 atom stereocenters. The first-order chi connectivity index (χ1) is 5.79. The molecule has 0 bridgehead atoms. The van der Waals surface area contributed by atoms with Gasteiger partial charge in [0.15, 0.2) is 0 Å². The summed E-state index contributed by atoms with van der Waals surface area (Å²) < 4.78 is 0. The molecule has 2 heteroatoms. The van der Waals surface area contributed by atoms with E-state index in [1.165, 1.54) is 18.5 Å². The van der Waals surface area contributed by atoms with Gasteiger partial charge < -0.3 is 0 Å². The summed E-state index contributed by atoms with van der Waals surface area (Å²) in [5, 5.41) is 0. The molecule has 0 amide bonds. The first kappa shape index (κ1) is 9.72. The molecule has 1 aromatic rings. The van der Waals surface area contributed by atoms with E-state index >= 15 is 0 Å². The Morgan fingerprint density at radius 1 is 1.50 bits per heavy atom. The molecule has 1 unspecified atom stereocenters. The van der Waals surface area contributed by atoms with Gasteiger partial charge in [-0.1, -0.05) is 28.9 Å². The van der Waals surface area contributed by atoms with Crippen LogP contribution in [0.2, 0.25) is 0 Å². The molecule has 66 valence electrons. The quantitative estimate of drug-likeness (QED) is 0.721. The fourth-order valence-electron chi connectivity index (χ4n) is 1.11. The van der Waals surface area contributed by atoms with Crippen molar-refractivity contribution >= 4 is 15.9 Å². The van der Waals surface area contributed by atoms with Crippen molar-refractivity contribution < 1.29 is 0 Å². The van der Waals surface area contributed by atoms with E-state index in [9.17, 15) is 0 Å². The Morgan fingerprint density at radius 2 is 2.33 bits per heavy atom. The van der Waals surface area contributed by atoms with E-state index in [1.807, 2.05) is 18.3 Å². The first-order valence-electron chi connectivity index (χ1n) is 4.33. The van der Waals surface area contributed by atoms with Crippen LogP contribution >= 0.6 is 15.9 Å². The number of halogens is 1. The highest BCUT2D eigenvalue weighted by Crippen LogP contribution is 2.09. The van der Waals surface area contributed by atoms with Gasteiger partial charge in [0.25, 0.3) is 0 Å². The van der Waals surface area contributed by atoms with Crippen LogP contribution in [0.15, 0.2) is 24.4 Å². The van der Waals surface area contributed by atoms with Crippen molar-refractivity contribution in [3.05, 3.63) is 30.1 Å². The van der Waals surface area contributed by atoms with Gasteiger partial charge in [0, 0.05) is 16.7 Å². The second-order valence-electron chi connectivity index (χ2n) is 2.99. The lowest BCUT2D eigenvalue weighted by molar-refractivity contribution is 0.725. The maximum atomic E-state index is 4.26. The summed E-state index contributed by atoms with van der Waals surface area (Å²) in [5.74, 6) is 0. The van der Waals surface area contributed by atoms with Crippen molar-refractivity contribution in [1.82, 2.24) is 4.98 Å². The molecule has 0 aliphatic heterocycles. The predicted molar refractivity (Wildman–Crippen MR) is 55.6 cm³/mol. The number of hydrogen-bond donors (Lipinski definition) is 0. The lowest BCUT2D eigenvalue weighted by atomic mass is 10.1. The monoisotopic (exact) mass is 227 g/mol. The zero-order valence-corrected chi connectivity index (χ0v) is 8.92. The predicted octanol–water partition coefficient (Wildman–Crippen LogP) is 3.19. The van der Waals surface area contributed by atoms with Gasteiger partial charge in [-0.25, -0.2) is 0 Å². The van der Waals surface area contributed by atoms with Crippen LogP contribution in [0.5, 0.6) is 0 Å². The highest BCUT2D eigenvalue weighted by molar-refractivity contribution is 9.09. The maximum absolute atomic E-state index is 4.26. The number of rotatable bonds is 4. The second kappa shape index (κ2) is 5.31. The molecule has 1 nitrogen and oxygen atoms in total. The van der Waals surface area contributed by atoms with Gasteiger partial charge in [0.1, 0.15) is 0 Å². The third kappa shape index (κ3) is 3.86. The van der Waals surface area contributed by atoms with Crippen molar-refractivity contribution in [2.45, 2.75) is 31.0 Å². The summed E-state index contributed by atoms with van der Waals surface area (Å²) in [4.78, 5) is 4.89. The number of hydrogen-bond acceptors (Lipinski definition) is 1. The van der Waals surface area contributed by atoms with Crippen molar-refractivity contribution in [1.29, 1.82) is 0 Å². The minimum Gasteiger partial charge on any atom is -0.261 e. The average molecular weight is 228 g/mol. The molecule has 0 fully saturated rings. The molecule has 1 heterocycles. The summed E-state index contributed by atoms with van der Waals surface area (Å²) >= 11 is 3.53. The van der Waals surface area contributed by atoms with E-state index in [0.717, 1.165) is 6.42 Å². The zero-order chi connectivity index (χ0) is 8.81. The van der Waals surface area contributed by atoms with Crippen LogP contribution in [-0.4, -0.2) is 9.81 Å². The number of alkyl halides is 1. The van der Waals surface area contributed by atoms with E-state index in [0.29, 0.717) is 4.83 Å². The van der Waals surface area contributed by atoms with Crippen LogP contribution in [0.4, 0.5) is 0 Å². The summed E-state index contributed by atoms with van der Waals surface area (Å²) in [5.41, 5.74) is 1.20. The van der Waals surface area contributed by atoms with Crippen molar-refractivity contribution in [2.24, 2.45) is 0 Å². The Morgan fingerprint density at radius 3 is 2.92 bits per heavy atom. The molecule has 0 aliphatic rings. The number of nitrogens with zero attached hydrogens (tertiary/aromatic N) is 1. The molecular weight excluding hydrogens is 214 g/mol. The van der Waals surface area contributed by atoms with Gasteiger partial charge in [-0.2, -0.15) is 0 Å². The highest BCUT2D eigenvalue weighted by atomic mass is 79.9. The average Bonchev–Trinajstić information content (AvgIpc) is 2.05. The smallest absolute Gasteiger partial charge is 0.0403 e. The van der Waals surface area contributed by atoms with E-state index in [1.54, 1.807) is 0 Å². The van der Waals surface area contributed by atoms with Crippen molar-refractivity contribution in [2.75, 3.05) is 0 Å². The number of pyridine rings is 1. The molecule has 0 radical (unpaired) electrons. The third-order valence-corrected chi connectivity index (χ3v) is 2.22. The van der Waals surface area contributed by atoms with Crippen LogP contribution < -0.4 is 0 Å². The number of aromatic nitrogens is 1. The van der Waals surface area contributed by atoms with Gasteiger partial charge >= 0.3 is 0 Å². The van der Waals surface area contributed by atoms with Gasteiger partial charge in [0.2, 0.25) is 0 Å². The van der Waals surface area contributed by atoms with Crippen LogP contribution in [0.3, 0.4) is 0 Å². The Bertz CT molecular complexity index is 208. The van der Waals surface area contributed by atoms with Crippen molar-refractivity contribution in [3.63, 3.8) is 0 Å². The van der Waals surface area contributed by atoms with Crippen LogP contribution in [0.25, 0.3) is 0 Å². The summed E-state index contributed by atoms with van der Waals surface area (Å²) in [6, 6.07) is 6.08. The molecule has 1 rings (SSSR count). The molecule has 0 N–H and O–H groups in total. The lowest BCUT2D eigenvalue weighted by Gasteiger charge is -2.01. The normalized spacial score (nSPS) is 12.8. The van der Waals surface area contributed by atoms with E-state index in [-0.39, 0.29) is 0 Å². The maximum Gasteiger partial charge on any atom is 0.0403 e. The standard InChI is InChI=1S/C10H14BrN/c1-9(11)5-4-7-10-6-2-3-8-12-10/h2-3,6,8-9H,4-5,7H2,1H3. The molecule has 0 spiro atoms. The summed E-state index contributed by atoms with van der Waals surface area (Å²) in [7, 11) is 0. The van der Waals surface area contributed by atoms with Gasteiger partial charge in [0.05, 0.1) is 0 Å². The van der Waals surface area contributed by atoms with Crippen molar-refractivity contribution in [3.8, 4) is 0 Å². The molecule has 0 aromatic carbocycles. The molecule has 0 aliphatic carbocycles. The second-order valence-corrected chi connectivity index (χ2v) is 4.56. The topological polar surface area (TPSA) is 12.9 Å². The zero-order valence-electron chi connectivity index (χ0n) is 7.33. The summed E-state index contributed by atoms with van der Waals surface area (Å²) in [6.45, 7) is 2.18. The van der Waals surface area contributed by atoms with Crippen LogP contribution in [0, 0.1) is 0 Å².